The van der Waals surface area contributed by atoms with E-state index in [4.69, 9.17) is 9.47 Å². The third-order valence-electron chi connectivity index (χ3n) is 2.42. The highest BCUT2D eigenvalue weighted by Gasteiger charge is 2.10. The lowest BCUT2D eigenvalue weighted by Gasteiger charge is -2.12. The van der Waals surface area contributed by atoms with Gasteiger partial charge in [-0.05, 0) is 19.1 Å². The third-order valence-corrected chi connectivity index (χ3v) is 3.31. The van der Waals surface area contributed by atoms with Crippen LogP contribution in [0.15, 0.2) is 29.3 Å². The fourth-order valence-electron chi connectivity index (χ4n) is 1.58. The zero-order chi connectivity index (χ0) is 14.2. The summed E-state index contributed by atoms with van der Waals surface area (Å²) >= 11 is 1.53. The van der Waals surface area contributed by atoms with Crippen LogP contribution in [0.3, 0.4) is 0 Å². The number of aliphatic imine (C=N–C) groups is 1. The first-order valence-electron chi connectivity index (χ1n) is 6.36. The number of amides is 2. The molecule has 0 saturated heterocycles. The van der Waals surface area contributed by atoms with Crippen molar-refractivity contribution in [3.8, 4) is 11.5 Å². The number of carbonyl (C=O) groups excluding carboxylic acids is 1. The van der Waals surface area contributed by atoms with Gasteiger partial charge in [0.05, 0.1) is 13.2 Å². The average Bonchev–Trinajstić information content (AvgIpc) is 2.94. The zero-order valence-corrected chi connectivity index (χ0v) is 12.0. The number of thioether (sulfide) groups is 1. The van der Waals surface area contributed by atoms with Gasteiger partial charge in [0.15, 0.2) is 23.4 Å². The summed E-state index contributed by atoms with van der Waals surface area (Å²) in [6, 6.07) is 7.01. The van der Waals surface area contributed by atoms with E-state index in [0.717, 1.165) is 12.3 Å². The SMILES string of the molecule is CCOc1ccccc1OCNC(=O)NC1=NCCS1. The first-order chi connectivity index (χ1) is 9.79. The van der Waals surface area contributed by atoms with Gasteiger partial charge in [-0.2, -0.15) is 0 Å². The smallest absolute Gasteiger partial charge is 0.323 e. The molecule has 0 atom stereocenters. The Morgan fingerprint density at radius 2 is 2.10 bits per heavy atom. The van der Waals surface area contributed by atoms with Gasteiger partial charge in [-0.3, -0.25) is 10.3 Å². The lowest BCUT2D eigenvalue weighted by atomic mass is 10.3. The number of rotatable bonds is 5. The molecule has 0 bridgehead atoms. The summed E-state index contributed by atoms with van der Waals surface area (Å²) in [6.07, 6.45) is 0. The molecule has 1 heterocycles. The van der Waals surface area contributed by atoms with Crippen molar-refractivity contribution in [1.82, 2.24) is 10.6 Å². The van der Waals surface area contributed by atoms with Crippen molar-refractivity contribution in [2.75, 3.05) is 25.6 Å². The molecule has 2 amide bonds. The minimum Gasteiger partial charge on any atom is -0.490 e. The van der Waals surface area contributed by atoms with Crippen molar-refractivity contribution in [2.45, 2.75) is 6.92 Å². The van der Waals surface area contributed by atoms with E-state index in [0.29, 0.717) is 23.3 Å². The molecule has 2 N–H and O–H groups in total. The van der Waals surface area contributed by atoms with E-state index in [2.05, 4.69) is 15.6 Å². The van der Waals surface area contributed by atoms with Crippen LogP contribution in [0.1, 0.15) is 6.92 Å². The molecular formula is C13H17N3O3S. The normalized spacial score (nSPS) is 13.6. The van der Waals surface area contributed by atoms with Gasteiger partial charge < -0.3 is 14.8 Å². The number of nitrogens with one attached hydrogen (secondary N) is 2. The molecule has 1 aliphatic rings. The average molecular weight is 295 g/mol. The molecule has 6 nitrogen and oxygen atoms in total. The molecule has 2 rings (SSSR count). The molecule has 1 aromatic carbocycles. The van der Waals surface area contributed by atoms with E-state index in [9.17, 15) is 4.79 Å². The van der Waals surface area contributed by atoms with Crippen molar-refractivity contribution >= 4 is 23.0 Å². The monoisotopic (exact) mass is 295 g/mol. The molecule has 0 aromatic heterocycles. The van der Waals surface area contributed by atoms with Crippen LogP contribution in [-0.2, 0) is 0 Å². The maximum Gasteiger partial charge on any atom is 0.323 e. The Balaban J connectivity index is 1.76. The van der Waals surface area contributed by atoms with Crippen LogP contribution in [0.25, 0.3) is 0 Å². The van der Waals surface area contributed by atoms with Crippen LogP contribution in [-0.4, -0.2) is 36.8 Å². The van der Waals surface area contributed by atoms with E-state index in [1.54, 1.807) is 6.07 Å². The van der Waals surface area contributed by atoms with E-state index in [1.807, 2.05) is 25.1 Å². The number of amidine groups is 1. The molecule has 0 fully saturated rings. The predicted molar refractivity (Wildman–Crippen MR) is 79.5 cm³/mol. The van der Waals surface area contributed by atoms with Gasteiger partial charge in [0.1, 0.15) is 0 Å². The highest BCUT2D eigenvalue weighted by atomic mass is 32.2. The largest absolute Gasteiger partial charge is 0.490 e. The van der Waals surface area contributed by atoms with Gasteiger partial charge in [-0.25, -0.2) is 4.79 Å². The fourth-order valence-corrected chi connectivity index (χ4v) is 2.30. The Labute approximate surface area is 121 Å². The molecule has 7 heteroatoms. The van der Waals surface area contributed by atoms with Gasteiger partial charge >= 0.3 is 6.03 Å². The van der Waals surface area contributed by atoms with Crippen molar-refractivity contribution in [3.05, 3.63) is 24.3 Å². The number of urea groups is 1. The number of ether oxygens (including phenoxy) is 2. The van der Waals surface area contributed by atoms with Crippen LogP contribution in [0.2, 0.25) is 0 Å². The summed E-state index contributed by atoms with van der Waals surface area (Å²) in [5.41, 5.74) is 0. The van der Waals surface area contributed by atoms with Gasteiger partial charge in [0, 0.05) is 5.75 Å². The standard InChI is InChI=1S/C13H17N3O3S/c1-2-18-10-5-3-4-6-11(10)19-9-15-12(17)16-13-14-7-8-20-13/h3-6H,2,7-9H2,1H3,(H2,14,15,16,17). The highest BCUT2D eigenvalue weighted by molar-refractivity contribution is 8.14. The number of benzene rings is 1. The van der Waals surface area contributed by atoms with E-state index < -0.39 is 0 Å². The first kappa shape index (κ1) is 14.5. The van der Waals surface area contributed by atoms with Crippen LogP contribution < -0.4 is 20.1 Å². The molecule has 0 unspecified atom stereocenters. The second-order valence-electron chi connectivity index (χ2n) is 3.83. The van der Waals surface area contributed by atoms with Crippen molar-refractivity contribution in [1.29, 1.82) is 0 Å². The fraction of sp³-hybridized carbons (Fsp3) is 0.385. The number of nitrogens with zero attached hydrogens (tertiary/aromatic N) is 1. The Morgan fingerprint density at radius 1 is 1.35 bits per heavy atom. The lowest BCUT2D eigenvalue weighted by Crippen LogP contribution is -2.39. The van der Waals surface area contributed by atoms with Gasteiger partial charge in [0.2, 0.25) is 0 Å². The summed E-state index contributed by atoms with van der Waals surface area (Å²) < 4.78 is 10.9. The maximum atomic E-state index is 11.6. The van der Waals surface area contributed by atoms with Gasteiger partial charge in [-0.1, -0.05) is 23.9 Å². The lowest BCUT2D eigenvalue weighted by molar-refractivity contribution is 0.224. The number of carbonyl (C=O) groups is 1. The quantitative estimate of drug-likeness (QED) is 0.813. The van der Waals surface area contributed by atoms with Crippen molar-refractivity contribution < 1.29 is 14.3 Å². The van der Waals surface area contributed by atoms with Crippen LogP contribution >= 0.6 is 11.8 Å². The Morgan fingerprint density at radius 3 is 2.75 bits per heavy atom. The summed E-state index contributed by atoms with van der Waals surface area (Å²) in [7, 11) is 0. The van der Waals surface area contributed by atoms with Crippen LogP contribution in [0, 0.1) is 0 Å². The Hall–Kier alpha value is -1.89. The van der Waals surface area contributed by atoms with E-state index in [1.165, 1.54) is 11.8 Å². The van der Waals surface area contributed by atoms with Crippen LogP contribution in [0.4, 0.5) is 4.79 Å². The highest BCUT2D eigenvalue weighted by Crippen LogP contribution is 2.25. The number of hydrogen-bond acceptors (Lipinski definition) is 5. The molecular weight excluding hydrogens is 278 g/mol. The molecule has 108 valence electrons. The number of para-hydroxylation sites is 2. The van der Waals surface area contributed by atoms with Crippen molar-refractivity contribution in [3.63, 3.8) is 0 Å². The van der Waals surface area contributed by atoms with Gasteiger partial charge in [0.25, 0.3) is 0 Å². The second kappa shape index (κ2) is 7.64. The van der Waals surface area contributed by atoms with Crippen LogP contribution in [0.5, 0.6) is 11.5 Å². The number of hydrogen-bond donors (Lipinski definition) is 2. The van der Waals surface area contributed by atoms with E-state index in [-0.39, 0.29) is 12.8 Å². The summed E-state index contributed by atoms with van der Waals surface area (Å²) in [6.45, 7) is 3.28. The zero-order valence-electron chi connectivity index (χ0n) is 11.2. The predicted octanol–water partition coefficient (Wildman–Crippen LogP) is 1.82. The molecule has 0 saturated carbocycles. The minimum atomic E-state index is -0.327. The minimum absolute atomic E-state index is 0.0634. The molecule has 20 heavy (non-hydrogen) atoms. The molecule has 0 aliphatic carbocycles. The Bertz CT molecular complexity index is 494. The third kappa shape index (κ3) is 4.34. The first-order valence-corrected chi connectivity index (χ1v) is 7.35. The van der Waals surface area contributed by atoms with Crippen molar-refractivity contribution in [2.24, 2.45) is 4.99 Å². The van der Waals surface area contributed by atoms with Gasteiger partial charge in [-0.15, -0.1) is 0 Å². The van der Waals surface area contributed by atoms with E-state index >= 15 is 0 Å². The summed E-state index contributed by atoms with van der Waals surface area (Å²) in [4.78, 5) is 15.7. The summed E-state index contributed by atoms with van der Waals surface area (Å²) in [5.74, 6) is 2.17. The molecule has 0 radical (unpaired) electrons. The maximum absolute atomic E-state index is 11.6. The Kier molecular flexibility index (Phi) is 5.55. The summed E-state index contributed by atoms with van der Waals surface area (Å²) in [5, 5.41) is 5.91. The molecule has 1 aromatic rings. The molecule has 0 spiro atoms. The topological polar surface area (TPSA) is 72.0 Å². The second-order valence-corrected chi connectivity index (χ2v) is 4.92. The molecule has 1 aliphatic heterocycles.